The van der Waals surface area contributed by atoms with Gasteiger partial charge in [-0.3, -0.25) is 4.79 Å². The highest BCUT2D eigenvalue weighted by Crippen LogP contribution is 2.21. The molecule has 2 unspecified atom stereocenters. The number of carbonyl (C=O) groups is 1. The van der Waals surface area contributed by atoms with E-state index in [1.807, 2.05) is 6.07 Å². The minimum atomic E-state index is -1.10. The number of hydrogen-bond donors (Lipinski definition) is 2. The Hall–Kier alpha value is -1.39. The summed E-state index contributed by atoms with van der Waals surface area (Å²) >= 11 is 0. The minimum absolute atomic E-state index is 0.452. The number of aliphatic hydroxyl groups is 2. The molecule has 0 radical (unpaired) electrons. The van der Waals surface area contributed by atoms with Crippen LogP contribution in [0, 0.1) is 0 Å². The molecular formula is C11H14O4. The third kappa shape index (κ3) is 3.34. The zero-order valence-corrected chi connectivity index (χ0v) is 8.46. The van der Waals surface area contributed by atoms with Gasteiger partial charge >= 0.3 is 5.97 Å². The molecule has 82 valence electrons. The quantitative estimate of drug-likeness (QED) is 0.716. The summed E-state index contributed by atoms with van der Waals surface area (Å²) in [6.45, 7) is 0.812. The fraction of sp³-hybridized carbons (Fsp3) is 0.364. The molecule has 0 aromatic heterocycles. The molecule has 4 heteroatoms. The number of carbonyl (C=O) groups excluding carboxylic acids is 1. The van der Waals surface area contributed by atoms with E-state index < -0.39 is 24.8 Å². The molecule has 0 saturated carbocycles. The standard InChI is InChI=1S/C11H14O4/c1-8(13)15-11(10(14)7-12)9-5-3-2-4-6-9/h2-6,10-12,14H,7H2,1H3. The molecule has 15 heavy (non-hydrogen) atoms. The van der Waals surface area contributed by atoms with Gasteiger partial charge in [0.1, 0.15) is 6.10 Å². The fourth-order valence-electron chi connectivity index (χ4n) is 1.29. The Morgan fingerprint density at radius 2 is 2.00 bits per heavy atom. The highest BCUT2D eigenvalue weighted by Gasteiger charge is 2.23. The van der Waals surface area contributed by atoms with E-state index in [1.54, 1.807) is 24.3 Å². The molecule has 0 aliphatic carbocycles. The van der Waals surface area contributed by atoms with E-state index >= 15 is 0 Å². The Balaban J connectivity index is 2.86. The number of rotatable bonds is 4. The van der Waals surface area contributed by atoms with Crippen LogP contribution in [0.15, 0.2) is 30.3 Å². The van der Waals surface area contributed by atoms with E-state index in [-0.39, 0.29) is 0 Å². The van der Waals surface area contributed by atoms with Gasteiger partial charge in [0, 0.05) is 6.92 Å². The topological polar surface area (TPSA) is 66.8 Å². The Morgan fingerprint density at radius 3 is 2.47 bits per heavy atom. The highest BCUT2D eigenvalue weighted by atomic mass is 16.6. The van der Waals surface area contributed by atoms with Gasteiger partial charge in [-0.2, -0.15) is 0 Å². The summed E-state index contributed by atoms with van der Waals surface area (Å²) in [4.78, 5) is 10.8. The van der Waals surface area contributed by atoms with Crippen LogP contribution >= 0.6 is 0 Å². The molecule has 4 nitrogen and oxygen atoms in total. The summed E-state index contributed by atoms with van der Waals surface area (Å²) in [6, 6.07) is 8.82. The molecule has 2 N–H and O–H groups in total. The molecule has 0 saturated heterocycles. The summed E-state index contributed by atoms with van der Waals surface area (Å²) in [6.07, 6.45) is -1.91. The zero-order valence-electron chi connectivity index (χ0n) is 8.46. The van der Waals surface area contributed by atoms with Gasteiger partial charge in [0.25, 0.3) is 0 Å². The summed E-state index contributed by atoms with van der Waals surface area (Å²) in [5.41, 5.74) is 0.661. The van der Waals surface area contributed by atoms with E-state index in [9.17, 15) is 9.90 Å². The van der Waals surface area contributed by atoms with Gasteiger partial charge in [-0.25, -0.2) is 0 Å². The number of benzene rings is 1. The first-order valence-electron chi connectivity index (χ1n) is 4.66. The first kappa shape index (κ1) is 11.7. The van der Waals surface area contributed by atoms with Crippen LogP contribution in [0.3, 0.4) is 0 Å². The van der Waals surface area contributed by atoms with Gasteiger partial charge < -0.3 is 14.9 Å². The maximum absolute atomic E-state index is 10.8. The summed E-state index contributed by atoms with van der Waals surface area (Å²) in [5, 5.41) is 18.3. The molecule has 0 bridgehead atoms. The lowest BCUT2D eigenvalue weighted by molar-refractivity contribution is -0.154. The van der Waals surface area contributed by atoms with Crippen molar-refractivity contribution >= 4 is 5.97 Å². The summed E-state index contributed by atoms with van der Waals surface area (Å²) < 4.78 is 4.94. The Labute approximate surface area is 88.1 Å². The smallest absolute Gasteiger partial charge is 0.303 e. The molecule has 0 aliphatic rings. The molecule has 0 amide bonds. The third-order valence-corrected chi connectivity index (χ3v) is 1.96. The zero-order chi connectivity index (χ0) is 11.3. The van der Waals surface area contributed by atoms with Gasteiger partial charge in [-0.1, -0.05) is 30.3 Å². The number of ether oxygens (including phenoxy) is 1. The molecular weight excluding hydrogens is 196 g/mol. The number of hydrogen-bond acceptors (Lipinski definition) is 4. The van der Waals surface area contributed by atoms with Crippen LogP contribution in [0.2, 0.25) is 0 Å². The van der Waals surface area contributed by atoms with E-state index in [1.165, 1.54) is 6.92 Å². The molecule has 0 aliphatic heterocycles. The average Bonchev–Trinajstić information content (AvgIpc) is 2.26. The second-order valence-electron chi connectivity index (χ2n) is 3.19. The van der Waals surface area contributed by atoms with Crippen LogP contribution in [0.25, 0.3) is 0 Å². The van der Waals surface area contributed by atoms with Crippen molar-refractivity contribution in [2.75, 3.05) is 6.61 Å². The molecule has 0 spiro atoms. The average molecular weight is 210 g/mol. The summed E-state index contributed by atoms with van der Waals surface area (Å²) in [7, 11) is 0. The first-order chi connectivity index (χ1) is 7.15. The van der Waals surface area contributed by atoms with Gasteiger partial charge in [0.2, 0.25) is 0 Å². The van der Waals surface area contributed by atoms with Crippen LogP contribution < -0.4 is 0 Å². The number of esters is 1. The maximum Gasteiger partial charge on any atom is 0.303 e. The van der Waals surface area contributed by atoms with Crippen molar-refractivity contribution in [2.45, 2.75) is 19.1 Å². The number of aliphatic hydroxyl groups excluding tert-OH is 2. The SMILES string of the molecule is CC(=O)OC(c1ccccc1)C(O)CO. The lowest BCUT2D eigenvalue weighted by Crippen LogP contribution is -2.26. The van der Waals surface area contributed by atoms with Crippen LogP contribution in [0.1, 0.15) is 18.6 Å². The van der Waals surface area contributed by atoms with Crippen LogP contribution in [-0.4, -0.2) is 28.9 Å². The van der Waals surface area contributed by atoms with E-state index in [0.29, 0.717) is 5.56 Å². The Kier molecular flexibility index (Phi) is 4.27. The first-order valence-corrected chi connectivity index (χ1v) is 4.66. The van der Waals surface area contributed by atoms with E-state index in [2.05, 4.69) is 0 Å². The second-order valence-corrected chi connectivity index (χ2v) is 3.19. The van der Waals surface area contributed by atoms with Gasteiger partial charge in [-0.15, -0.1) is 0 Å². The Morgan fingerprint density at radius 1 is 1.40 bits per heavy atom. The molecule has 1 aromatic carbocycles. The van der Waals surface area contributed by atoms with Crippen molar-refractivity contribution in [1.82, 2.24) is 0 Å². The molecule has 1 aromatic rings. The predicted molar refractivity (Wildman–Crippen MR) is 54.0 cm³/mol. The fourth-order valence-corrected chi connectivity index (χ4v) is 1.29. The van der Waals surface area contributed by atoms with Crippen molar-refractivity contribution < 1.29 is 19.7 Å². The van der Waals surface area contributed by atoms with Crippen LogP contribution in [-0.2, 0) is 9.53 Å². The lowest BCUT2D eigenvalue weighted by Gasteiger charge is -2.21. The van der Waals surface area contributed by atoms with Crippen LogP contribution in [0.5, 0.6) is 0 Å². The van der Waals surface area contributed by atoms with Crippen molar-refractivity contribution in [3.05, 3.63) is 35.9 Å². The van der Waals surface area contributed by atoms with Gasteiger partial charge in [-0.05, 0) is 5.56 Å². The third-order valence-electron chi connectivity index (χ3n) is 1.96. The normalized spacial score (nSPS) is 14.3. The molecule has 2 atom stereocenters. The second kappa shape index (κ2) is 5.48. The molecule has 0 fully saturated rings. The van der Waals surface area contributed by atoms with Crippen molar-refractivity contribution in [1.29, 1.82) is 0 Å². The van der Waals surface area contributed by atoms with Crippen molar-refractivity contribution in [3.63, 3.8) is 0 Å². The highest BCUT2D eigenvalue weighted by molar-refractivity contribution is 5.66. The molecule has 1 rings (SSSR count). The largest absolute Gasteiger partial charge is 0.455 e. The maximum atomic E-state index is 10.8. The van der Waals surface area contributed by atoms with E-state index in [0.717, 1.165) is 0 Å². The predicted octanol–water partition coefficient (Wildman–Crippen LogP) is 0.644. The van der Waals surface area contributed by atoms with Gasteiger partial charge in [0.15, 0.2) is 6.10 Å². The Bertz CT molecular complexity index is 310. The molecule has 0 heterocycles. The lowest BCUT2D eigenvalue weighted by atomic mass is 10.0. The monoisotopic (exact) mass is 210 g/mol. The van der Waals surface area contributed by atoms with Crippen molar-refractivity contribution in [3.8, 4) is 0 Å². The van der Waals surface area contributed by atoms with Crippen molar-refractivity contribution in [2.24, 2.45) is 0 Å². The minimum Gasteiger partial charge on any atom is -0.455 e. The van der Waals surface area contributed by atoms with E-state index in [4.69, 9.17) is 9.84 Å². The van der Waals surface area contributed by atoms with Crippen LogP contribution in [0.4, 0.5) is 0 Å². The summed E-state index contributed by atoms with van der Waals surface area (Å²) in [5.74, 6) is -0.489. The van der Waals surface area contributed by atoms with Gasteiger partial charge in [0.05, 0.1) is 6.61 Å².